The molecule has 42 heavy (non-hydrogen) atoms. The van der Waals surface area contributed by atoms with Gasteiger partial charge in [-0.25, -0.2) is 28.8 Å². The fourth-order valence-electron chi connectivity index (χ4n) is 4.33. The van der Waals surface area contributed by atoms with E-state index in [4.69, 9.17) is 23.7 Å². The maximum absolute atomic E-state index is 13.2. The molecule has 214 valence electrons. The largest absolute Gasteiger partial charge is 0.463 e. The summed E-state index contributed by atoms with van der Waals surface area (Å²) in [6.45, 7) is -0.390. The zero-order valence-corrected chi connectivity index (χ0v) is 22.3. The number of hydrogen-bond acceptors (Lipinski definition) is 11. The van der Waals surface area contributed by atoms with Gasteiger partial charge in [0.05, 0.1) is 23.8 Å². The molecule has 4 unspecified atom stereocenters. The second-order valence-electron chi connectivity index (χ2n) is 9.02. The van der Waals surface area contributed by atoms with Crippen molar-refractivity contribution in [2.75, 3.05) is 13.7 Å². The molecule has 12 heteroatoms. The third-order valence-corrected chi connectivity index (χ3v) is 6.36. The van der Waals surface area contributed by atoms with Crippen LogP contribution in [-0.2, 0) is 23.7 Å². The summed E-state index contributed by atoms with van der Waals surface area (Å²) in [6, 6.07) is 24.6. The van der Waals surface area contributed by atoms with Crippen molar-refractivity contribution in [3.63, 3.8) is 0 Å². The van der Waals surface area contributed by atoms with E-state index in [1.54, 1.807) is 91.0 Å². The molecule has 1 saturated heterocycles. The number of esters is 4. The first kappa shape index (κ1) is 28.2. The highest BCUT2D eigenvalue weighted by atomic mass is 16.7. The van der Waals surface area contributed by atoms with E-state index < -0.39 is 55.0 Å². The van der Waals surface area contributed by atoms with Crippen molar-refractivity contribution < 1.29 is 42.9 Å². The molecule has 0 bridgehead atoms. The molecule has 1 aromatic heterocycles. The Balaban J connectivity index is 1.50. The van der Waals surface area contributed by atoms with Crippen LogP contribution >= 0.6 is 0 Å². The lowest BCUT2D eigenvalue weighted by molar-refractivity contribution is -0.0684. The van der Waals surface area contributed by atoms with Gasteiger partial charge in [0.15, 0.2) is 18.4 Å². The maximum Gasteiger partial charge on any atom is 0.375 e. The summed E-state index contributed by atoms with van der Waals surface area (Å²) < 4.78 is 29.2. The Morgan fingerprint density at radius 2 is 1.21 bits per heavy atom. The van der Waals surface area contributed by atoms with Crippen molar-refractivity contribution in [3.05, 3.63) is 120 Å². The molecule has 0 spiro atoms. The van der Waals surface area contributed by atoms with Crippen molar-refractivity contribution in [3.8, 4) is 0 Å². The Morgan fingerprint density at radius 1 is 0.714 bits per heavy atom. The first-order valence-electron chi connectivity index (χ1n) is 12.8. The highest BCUT2D eigenvalue weighted by Gasteiger charge is 2.52. The second-order valence-corrected chi connectivity index (χ2v) is 9.02. The Bertz CT molecular complexity index is 1540. The van der Waals surface area contributed by atoms with Gasteiger partial charge in [0.1, 0.15) is 19.0 Å². The van der Waals surface area contributed by atoms with E-state index in [1.165, 1.54) is 7.11 Å². The average molecular weight is 572 g/mol. The fraction of sp³-hybridized carbons (Fsp3) is 0.200. The molecule has 4 atom stereocenters. The lowest BCUT2D eigenvalue weighted by Crippen LogP contribution is -2.41. The van der Waals surface area contributed by atoms with Crippen molar-refractivity contribution in [2.45, 2.75) is 24.5 Å². The van der Waals surface area contributed by atoms with Crippen LogP contribution in [0.2, 0.25) is 0 Å². The van der Waals surface area contributed by atoms with Crippen LogP contribution in [0.15, 0.2) is 97.3 Å². The number of rotatable bonds is 9. The molecule has 1 fully saturated rings. The standard InChI is InChI=1S/C30H25N3O9/c1-38-30(37)25-31-18-32-33(25)26-24(42-29(36)21-15-9-4-10-16-21)23(41-28(35)20-13-7-3-8-14-20)22(40-26)17-39-27(34)19-11-5-2-6-12-19/h2-16,18,22-24,26H,17H2,1H3. The molecule has 0 radical (unpaired) electrons. The van der Waals surface area contributed by atoms with Crippen LogP contribution in [0.3, 0.4) is 0 Å². The summed E-state index contributed by atoms with van der Waals surface area (Å²) in [5.74, 6) is -3.22. The molecular weight excluding hydrogens is 546 g/mol. The quantitative estimate of drug-likeness (QED) is 0.216. The molecule has 0 N–H and O–H groups in total. The van der Waals surface area contributed by atoms with Crippen LogP contribution in [0.5, 0.6) is 0 Å². The first-order valence-corrected chi connectivity index (χ1v) is 12.8. The molecule has 3 aromatic carbocycles. The molecule has 0 aliphatic carbocycles. The lowest BCUT2D eigenvalue weighted by Gasteiger charge is -2.24. The van der Waals surface area contributed by atoms with Gasteiger partial charge in [-0.1, -0.05) is 54.6 Å². The number of aromatic nitrogens is 3. The number of ether oxygens (including phenoxy) is 5. The average Bonchev–Trinajstić information content (AvgIpc) is 3.65. The summed E-state index contributed by atoms with van der Waals surface area (Å²) in [5, 5.41) is 4.09. The molecular formula is C30H25N3O9. The summed E-state index contributed by atoms with van der Waals surface area (Å²) >= 11 is 0. The number of carbonyl (C=O) groups is 4. The summed E-state index contributed by atoms with van der Waals surface area (Å²) in [6.07, 6.45) is -4.01. The van der Waals surface area contributed by atoms with Gasteiger partial charge in [-0.05, 0) is 36.4 Å². The summed E-state index contributed by atoms with van der Waals surface area (Å²) in [4.78, 5) is 55.5. The van der Waals surface area contributed by atoms with Crippen LogP contribution < -0.4 is 0 Å². The minimum atomic E-state index is -1.35. The molecule has 1 aliphatic heterocycles. The van der Waals surface area contributed by atoms with Gasteiger partial charge in [-0.15, -0.1) is 0 Å². The Labute approximate surface area is 239 Å². The number of carbonyl (C=O) groups excluding carboxylic acids is 4. The van der Waals surface area contributed by atoms with Crippen LogP contribution in [0, 0.1) is 0 Å². The molecule has 1 aliphatic rings. The third kappa shape index (κ3) is 6.18. The van der Waals surface area contributed by atoms with Crippen LogP contribution in [0.4, 0.5) is 0 Å². The molecule has 0 saturated carbocycles. The van der Waals surface area contributed by atoms with E-state index in [2.05, 4.69) is 10.1 Å². The minimum absolute atomic E-state index is 0.218. The van der Waals surface area contributed by atoms with Crippen molar-refractivity contribution in [1.82, 2.24) is 14.8 Å². The lowest BCUT2D eigenvalue weighted by atomic mass is 10.1. The van der Waals surface area contributed by atoms with E-state index in [9.17, 15) is 19.2 Å². The highest BCUT2D eigenvalue weighted by Crippen LogP contribution is 2.35. The Kier molecular flexibility index (Phi) is 8.64. The van der Waals surface area contributed by atoms with Crippen LogP contribution in [0.1, 0.15) is 47.9 Å². The van der Waals surface area contributed by atoms with E-state index >= 15 is 0 Å². The van der Waals surface area contributed by atoms with Gasteiger partial charge in [-0.3, -0.25) is 0 Å². The SMILES string of the molecule is COC(=O)c1ncnn1C1OC(COC(=O)c2ccccc2)C(OC(=O)c2ccccc2)C1OC(=O)c1ccccc1. The smallest absolute Gasteiger partial charge is 0.375 e. The predicted molar refractivity (Wildman–Crippen MR) is 143 cm³/mol. The Morgan fingerprint density at radius 3 is 1.74 bits per heavy atom. The van der Waals surface area contributed by atoms with Gasteiger partial charge < -0.3 is 23.7 Å². The van der Waals surface area contributed by atoms with Gasteiger partial charge in [-0.2, -0.15) is 5.10 Å². The second kappa shape index (κ2) is 12.9. The number of methoxy groups -OCH3 is 1. The van der Waals surface area contributed by atoms with Gasteiger partial charge >= 0.3 is 23.9 Å². The van der Waals surface area contributed by atoms with E-state index in [-0.39, 0.29) is 17.0 Å². The topological polar surface area (TPSA) is 145 Å². The highest BCUT2D eigenvalue weighted by molar-refractivity contribution is 5.91. The summed E-state index contributed by atoms with van der Waals surface area (Å²) in [7, 11) is 1.17. The molecule has 5 rings (SSSR count). The van der Waals surface area contributed by atoms with E-state index in [0.29, 0.717) is 5.56 Å². The first-order chi connectivity index (χ1) is 20.5. The normalized spacial score (nSPS) is 19.5. The zero-order chi connectivity index (χ0) is 29.5. The number of nitrogens with zero attached hydrogens (tertiary/aromatic N) is 3. The number of hydrogen-bond donors (Lipinski definition) is 0. The molecule has 4 aromatic rings. The van der Waals surface area contributed by atoms with Gasteiger partial charge in [0.25, 0.3) is 0 Å². The molecule has 0 amide bonds. The van der Waals surface area contributed by atoms with Crippen molar-refractivity contribution in [1.29, 1.82) is 0 Å². The Hall–Kier alpha value is -5.36. The van der Waals surface area contributed by atoms with Crippen molar-refractivity contribution in [2.24, 2.45) is 0 Å². The predicted octanol–water partition coefficient (Wildman–Crippen LogP) is 3.27. The van der Waals surface area contributed by atoms with Crippen LogP contribution in [-0.4, -0.2) is 70.7 Å². The van der Waals surface area contributed by atoms with E-state index in [0.717, 1.165) is 11.0 Å². The van der Waals surface area contributed by atoms with Gasteiger partial charge in [0.2, 0.25) is 5.82 Å². The maximum atomic E-state index is 13.2. The molecule has 2 heterocycles. The molecule has 12 nitrogen and oxygen atoms in total. The minimum Gasteiger partial charge on any atom is -0.463 e. The van der Waals surface area contributed by atoms with Crippen molar-refractivity contribution >= 4 is 23.9 Å². The van der Waals surface area contributed by atoms with E-state index in [1.807, 2.05) is 0 Å². The van der Waals surface area contributed by atoms with Crippen LogP contribution in [0.25, 0.3) is 0 Å². The monoisotopic (exact) mass is 571 g/mol. The van der Waals surface area contributed by atoms with Gasteiger partial charge in [0, 0.05) is 0 Å². The zero-order valence-electron chi connectivity index (χ0n) is 22.3. The third-order valence-electron chi connectivity index (χ3n) is 6.36. The fourth-order valence-corrected chi connectivity index (χ4v) is 4.33. The summed E-state index contributed by atoms with van der Waals surface area (Å²) in [5.41, 5.74) is 0.737. The number of benzene rings is 3.